The molecule has 17 heavy (non-hydrogen) atoms. The maximum atomic E-state index is 5.73. The molecule has 2 rings (SSSR count). The number of rotatable bonds is 3. The van der Waals surface area contributed by atoms with Crippen LogP contribution in [0.3, 0.4) is 0 Å². The van der Waals surface area contributed by atoms with Gasteiger partial charge in [-0.25, -0.2) is 0 Å². The highest BCUT2D eigenvalue weighted by Crippen LogP contribution is 2.32. The summed E-state index contributed by atoms with van der Waals surface area (Å²) in [4.78, 5) is 0. The van der Waals surface area contributed by atoms with Crippen LogP contribution < -0.4 is 15.2 Å². The fraction of sp³-hybridized carbons (Fsp3) is 0.143. The molecule has 0 bridgehead atoms. The zero-order chi connectivity index (χ0) is 12.3. The van der Waals surface area contributed by atoms with E-state index in [1.807, 2.05) is 43.3 Å². The Kier molecular flexibility index (Phi) is 3.19. The monoisotopic (exact) mass is 229 g/mol. The molecule has 3 nitrogen and oxygen atoms in total. The predicted octanol–water partition coefficient (Wildman–Crippen LogP) is 3.38. The summed E-state index contributed by atoms with van der Waals surface area (Å²) in [5, 5.41) is 0. The molecule has 0 aromatic heterocycles. The van der Waals surface area contributed by atoms with Gasteiger partial charge in [-0.1, -0.05) is 12.1 Å². The average molecular weight is 229 g/mol. The zero-order valence-corrected chi connectivity index (χ0v) is 9.94. The van der Waals surface area contributed by atoms with E-state index in [9.17, 15) is 0 Å². The van der Waals surface area contributed by atoms with E-state index < -0.39 is 0 Å². The Labute approximate surface area is 101 Å². The summed E-state index contributed by atoms with van der Waals surface area (Å²) < 4.78 is 11.0. The van der Waals surface area contributed by atoms with Crippen LogP contribution in [0.5, 0.6) is 17.2 Å². The summed E-state index contributed by atoms with van der Waals surface area (Å²) in [6.45, 7) is 2.01. The lowest BCUT2D eigenvalue weighted by Crippen LogP contribution is -1.92. The van der Waals surface area contributed by atoms with Crippen molar-refractivity contribution in [1.29, 1.82) is 0 Å². The zero-order valence-electron chi connectivity index (χ0n) is 9.94. The minimum absolute atomic E-state index is 0.675. The molecule has 0 spiro atoms. The molecule has 0 saturated heterocycles. The molecule has 0 amide bonds. The van der Waals surface area contributed by atoms with Crippen LogP contribution in [0.25, 0.3) is 0 Å². The minimum Gasteiger partial charge on any atom is -0.493 e. The van der Waals surface area contributed by atoms with Crippen molar-refractivity contribution in [2.24, 2.45) is 0 Å². The van der Waals surface area contributed by atoms with Gasteiger partial charge in [-0.3, -0.25) is 0 Å². The molecule has 0 heterocycles. The van der Waals surface area contributed by atoms with Crippen molar-refractivity contribution < 1.29 is 9.47 Å². The van der Waals surface area contributed by atoms with Gasteiger partial charge in [-0.15, -0.1) is 0 Å². The van der Waals surface area contributed by atoms with Gasteiger partial charge in [0.1, 0.15) is 5.75 Å². The number of anilines is 1. The van der Waals surface area contributed by atoms with Gasteiger partial charge in [-0.05, 0) is 36.8 Å². The Morgan fingerprint density at radius 1 is 1.00 bits per heavy atom. The van der Waals surface area contributed by atoms with Gasteiger partial charge in [0.05, 0.1) is 7.11 Å². The topological polar surface area (TPSA) is 44.5 Å². The molecular formula is C14H15NO2. The molecule has 2 aromatic carbocycles. The van der Waals surface area contributed by atoms with Crippen LogP contribution in [0.4, 0.5) is 5.69 Å². The van der Waals surface area contributed by atoms with Crippen molar-refractivity contribution in [3.63, 3.8) is 0 Å². The number of nitrogen functional groups attached to an aromatic ring is 1. The third kappa shape index (κ3) is 2.69. The first-order chi connectivity index (χ1) is 8.19. The molecule has 0 aliphatic heterocycles. The lowest BCUT2D eigenvalue weighted by Gasteiger charge is -2.11. The van der Waals surface area contributed by atoms with Crippen LogP contribution in [0.1, 0.15) is 5.56 Å². The summed E-state index contributed by atoms with van der Waals surface area (Å²) in [6, 6.07) is 13.1. The lowest BCUT2D eigenvalue weighted by molar-refractivity contribution is 0.378. The average Bonchev–Trinajstić information content (AvgIpc) is 2.31. The van der Waals surface area contributed by atoms with E-state index in [0.717, 1.165) is 5.56 Å². The normalized spacial score (nSPS) is 10.0. The van der Waals surface area contributed by atoms with Gasteiger partial charge in [0.25, 0.3) is 0 Å². The Bertz CT molecular complexity index is 523. The van der Waals surface area contributed by atoms with Gasteiger partial charge in [-0.2, -0.15) is 0 Å². The second-order valence-electron chi connectivity index (χ2n) is 3.83. The first-order valence-corrected chi connectivity index (χ1v) is 5.37. The van der Waals surface area contributed by atoms with Gasteiger partial charge in [0.15, 0.2) is 11.5 Å². The van der Waals surface area contributed by atoms with Gasteiger partial charge < -0.3 is 15.2 Å². The molecule has 0 atom stereocenters. The summed E-state index contributed by atoms with van der Waals surface area (Å²) in [6.07, 6.45) is 0. The molecule has 2 N–H and O–H groups in total. The fourth-order valence-electron chi connectivity index (χ4n) is 1.56. The molecule has 0 radical (unpaired) electrons. The van der Waals surface area contributed by atoms with Crippen molar-refractivity contribution in [2.45, 2.75) is 6.92 Å². The van der Waals surface area contributed by atoms with Crippen LogP contribution >= 0.6 is 0 Å². The third-order valence-electron chi connectivity index (χ3n) is 2.41. The van der Waals surface area contributed by atoms with Crippen molar-refractivity contribution in [2.75, 3.05) is 12.8 Å². The van der Waals surface area contributed by atoms with Crippen LogP contribution in [0.2, 0.25) is 0 Å². The highest BCUT2D eigenvalue weighted by Gasteiger charge is 2.05. The molecule has 0 aliphatic carbocycles. The van der Waals surface area contributed by atoms with Crippen molar-refractivity contribution >= 4 is 5.69 Å². The van der Waals surface area contributed by atoms with Crippen LogP contribution in [0, 0.1) is 6.92 Å². The maximum absolute atomic E-state index is 5.73. The molecule has 3 heteroatoms. The first kappa shape index (κ1) is 11.3. The van der Waals surface area contributed by atoms with Crippen molar-refractivity contribution in [3.8, 4) is 17.2 Å². The largest absolute Gasteiger partial charge is 0.493 e. The Morgan fingerprint density at radius 3 is 2.53 bits per heavy atom. The quantitative estimate of drug-likeness (QED) is 0.820. The number of nitrogens with two attached hydrogens (primary N) is 1. The van der Waals surface area contributed by atoms with Crippen LogP contribution in [-0.4, -0.2) is 7.11 Å². The molecular weight excluding hydrogens is 214 g/mol. The number of methoxy groups -OCH3 is 1. The SMILES string of the molecule is COc1cc(C)ccc1Oc1cccc(N)c1. The number of ether oxygens (including phenoxy) is 2. The second-order valence-corrected chi connectivity index (χ2v) is 3.83. The first-order valence-electron chi connectivity index (χ1n) is 5.37. The van der Waals surface area contributed by atoms with E-state index in [0.29, 0.717) is 22.9 Å². The Hall–Kier alpha value is -2.16. The lowest BCUT2D eigenvalue weighted by atomic mass is 10.2. The number of aryl methyl sites for hydroxylation is 1. The molecule has 0 fully saturated rings. The Balaban J connectivity index is 2.29. The predicted molar refractivity (Wildman–Crippen MR) is 68.7 cm³/mol. The van der Waals surface area contributed by atoms with E-state index in [4.69, 9.17) is 15.2 Å². The van der Waals surface area contributed by atoms with Crippen LogP contribution in [0.15, 0.2) is 42.5 Å². The standard InChI is InChI=1S/C14H15NO2/c1-10-6-7-13(14(8-10)16-2)17-12-5-3-4-11(15)9-12/h3-9H,15H2,1-2H3. The van der Waals surface area contributed by atoms with Gasteiger partial charge in [0, 0.05) is 11.8 Å². The molecule has 88 valence electrons. The van der Waals surface area contributed by atoms with E-state index in [1.165, 1.54) is 0 Å². The van der Waals surface area contributed by atoms with E-state index in [1.54, 1.807) is 13.2 Å². The molecule has 0 aliphatic rings. The molecule has 2 aromatic rings. The van der Waals surface area contributed by atoms with Crippen molar-refractivity contribution in [3.05, 3.63) is 48.0 Å². The second kappa shape index (κ2) is 4.78. The fourth-order valence-corrected chi connectivity index (χ4v) is 1.56. The Morgan fingerprint density at radius 2 is 1.82 bits per heavy atom. The summed E-state index contributed by atoms with van der Waals surface area (Å²) in [5.41, 5.74) is 7.50. The van der Waals surface area contributed by atoms with E-state index in [2.05, 4.69) is 0 Å². The summed E-state index contributed by atoms with van der Waals surface area (Å²) >= 11 is 0. The van der Waals surface area contributed by atoms with E-state index >= 15 is 0 Å². The smallest absolute Gasteiger partial charge is 0.169 e. The minimum atomic E-state index is 0.675. The summed E-state index contributed by atoms with van der Waals surface area (Å²) in [7, 11) is 1.63. The van der Waals surface area contributed by atoms with Gasteiger partial charge in [0.2, 0.25) is 0 Å². The number of hydrogen-bond acceptors (Lipinski definition) is 3. The van der Waals surface area contributed by atoms with Gasteiger partial charge >= 0.3 is 0 Å². The maximum Gasteiger partial charge on any atom is 0.169 e. The van der Waals surface area contributed by atoms with E-state index in [-0.39, 0.29) is 0 Å². The summed E-state index contributed by atoms with van der Waals surface area (Å²) in [5.74, 6) is 2.10. The van der Waals surface area contributed by atoms with Crippen molar-refractivity contribution in [1.82, 2.24) is 0 Å². The molecule has 0 unspecified atom stereocenters. The number of benzene rings is 2. The number of hydrogen-bond donors (Lipinski definition) is 1. The molecule has 0 saturated carbocycles. The third-order valence-corrected chi connectivity index (χ3v) is 2.41. The van der Waals surface area contributed by atoms with Crippen LogP contribution in [-0.2, 0) is 0 Å². The highest BCUT2D eigenvalue weighted by atomic mass is 16.5. The highest BCUT2D eigenvalue weighted by molar-refractivity contribution is 5.48.